The third-order valence-corrected chi connectivity index (χ3v) is 7.10. The molecule has 0 aliphatic carbocycles. The lowest BCUT2D eigenvalue weighted by molar-refractivity contribution is -0.191. The standard InChI is InChI=1S/C24H25F3N4O3S.CO2/c1-16-6-5-13-31(14-16)21-9-4-10-22(29-21)35(33,34)30-20-12-11-19(24(25,26)27)23(28-20)18-8-3-2-7-17(18)15-32;2-1-3/h2-4,7-12,16,32H,5-6,13-15H2,1H3,(H,28,30);. The summed E-state index contributed by atoms with van der Waals surface area (Å²) in [5, 5.41) is 9.34. The van der Waals surface area contributed by atoms with Crippen molar-refractivity contribution in [2.75, 3.05) is 22.7 Å². The summed E-state index contributed by atoms with van der Waals surface area (Å²) in [5.74, 6) is 0.692. The Kier molecular flexibility index (Phi) is 9.21. The summed E-state index contributed by atoms with van der Waals surface area (Å²) in [7, 11) is -4.23. The second-order valence-electron chi connectivity index (χ2n) is 8.62. The number of carbonyl (C=O) groups excluding carboxylic acids is 2. The van der Waals surface area contributed by atoms with Gasteiger partial charge in [-0.1, -0.05) is 37.3 Å². The van der Waals surface area contributed by atoms with E-state index in [0.29, 0.717) is 11.7 Å². The molecule has 202 valence electrons. The van der Waals surface area contributed by atoms with E-state index in [1.807, 2.05) is 4.90 Å². The highest BCUT2D eigenvalue weighted by Crippen LogP contribution is 2.38. The number of halogens is 3. The number of pyridine rings is 2. The van der Waals surface area contributed by atoms with Crippen LogP contribution in [0.3, 0.4) is 0 Å². The Morgan fingerprint density at radius 2 is 1.79 bits per heavy atom. The van der Waals surface area contributed by atoms with E-state index in [1.165, 1.54) is 24.3 Å². The molecule has 4 rings (SSSR count). The Morgan fingerprint density at radius 3 is 2.45 bits per heavy atom. The van der Waals surface area contributed by atoms with E-state index < -0.39 is 34.1 Å². The molecular weight excluding hydrogens is 525 g/mol. The lowest BCUT2D eigenvalue weighted by Gasteiger charge is -2.31. The lowest BCUT2D eigenvalue weighted by atomic mass is 10.0. The quantitative estimate of drug-likeness (QED) is 0.469. The summed E-state index contributed by atoms with van der Waals surface area (Å²) in [4.78, 5) is 26.6. The van der Waals surface area contributed by atoms with Gasteiger partial charge < -0.3 is 10.0 Å². The first kappa shape index (κ1) is 28.8. The number of aromatic nitrogens is 2. The van der Waals surface area contributed by atoms with Gasteiger partial charge in [0, 0.05) is 18.7 Å². The van der Waals surface area contributed by atoms with Crippen molar-refractivity contribution in [1.29, 1.82) is 0 Å². The van der Waals surface area contributed by atoms with Gasteiger partial charge in [-0.15, -0.1) is 0 Å². The Morgan fingerprint density at radius 1 is 1.08 bits per heavy atom. The minimum Gasteiger partial charge on any atom is -0.392 e. The monoisotopic (exact) mass is 550 g/mol. The van der Waals surface area contributed by atoms with E-state index in [-0.39, 0.29) is 28.1 Å². The average Bonchev–Trinajstić information content (AvgIpc) is 2.88. The second kappa shape index (κ2) is 12.2. The number of alkyl halides is 3. The molecule has 1 fully saturated rings. The number of benzene rings is 1. The van der Waals surface area contributed by atoms with E-state index in [9.17, 15) is 26.7 Å². The van der Waals surface area contributed by atoms with Gasteiger partial charge >= 0.3 is 12.3 Å². The third kappa shape index (κ3) is 6.94. The maximum absolute atomic E-state index is 13.7. The number of piperidine rings is 1. The molecule has 1 aliphatic rings. The van der Waals surface area contributed by atoms with Gasteiger partial charge in [0.15, 0.2) is 5.03 Å². The van der Waals surface area contributed by atoms with Crippen molar-refractivity contribution in [2.45, 2.75) is 37.6 Å². The molecule has 1 aliphatic heterocycles. The summed E-state index contributed by atoms with van der Waals surface area (Å²) in [6.45, 7) is 3.15. The van der Waals surface area contributed by atoms with Crippen LogP contribution in [0.2, 0.25) is 0 Å². The van der Waals surface area contributed by atoms with Gasteiger partial charge in [-0.2, -0.15) is 31.2 Å². The predicted octanol–water partition coefficient (Wildman–Crippen LogP) is 4.11. The lowest BCUT2D eigenvalue weighted by Crippen LogP contribution is -2.35. The predicted molar refractivity (Wildman–Crippen MR) is 131 cm³/mol. The van der Waals surface area contributed by atoms with Crippen LogP contribution in [0.25, 0.3) is 11.3 Å². The highest BCUT2D eigenvalue weighted by atomic mass is 32.2. The van der Waals surface area contributed by atoms with Gasteiger partial charge in [-0.05, 0) is 48.6 Å². The van der Waals surface area contributed by atoms with Crippen LogP contribution >= 0.6 is 0 Å². The highest BCUT2D eigenvalue weighted by molar-refractivity contribution is 7.92. The topological polar surface area (TPSA) is 130 Å². The molecule has 3 aromatic rings. The normalized spacial score (nSPS) is 15.7. The number of hydrogen-bond acceptors (Lipinski definition) is 8. The van der Waals surface area contributed by atoms with Crippen LogP contribution in [0.1, 0.15) is 30.9 Å². The van der Waals surface area contributed by atoms with Crippen LogP contribution in [0, 0.1) is 5.92 Å². The largest absolute Gasteiger partial charge is 0.418 e. The van der Waals surface area contributed by atoms with Gasteiger partial charge in [-0.25, -0.2) is 9.97 Å². The molecule has 2 N–H and O–H groups in total. The Balaban J connectivity index is 0.00000127. The number of nitrogens with one attached hydrogen (secondary N) is 1. The van der Waals surface area contributed by atoms with Crippen molar-refractivity contribution in [3.05, 3.63) is 65.7 Å². The number of sulfonamides is 1. The maximum atomic E-state index is 13.7. The third-order valence-electron chi connectivity index (χ3n) is 5.85. The average molecular weight is 551 g/mol. The van der Waals surface area contributed by atoms with Crippen LogP contribution in [0.15, 0.2) is 59.6 Å². The number of rotatable bonds is 6. The zero-order chi connectivity index (χ0) is 27.9. The first-order chi connectivity index (χ1) is 18.0. The number of nitrogens with zero attached hydrogens (tertiary/aromatic N) is 3. The SMILES string of the molecule is CC1CCCN(c2cccc(S(=O)(=O)Nc3ccc(C(F)(F)F)c(-c4ccccc4CO)n3)n2)C1.O=C=O. The fourth-order valence-electron chi connectivity index (χ4n) is 4.16. The Labute approximate surface area is 217 Å². The van der Waals surface area contributed by atoms with Crippen molar-refractivity contribution >= 4 is 27.8 Å². The highest BCUT2D eigenvalue weighted by Gasteiger charge is 2.35. The molecule has 0 saturated carbocycles. The van der Waals surface area contributed by atoms with E-state index in [4.69, 9.17) is 9.59 Å². The van der Waals surface area contributed by atoms with Crippen molar-refractivity contribution in [2.24, 2.45) is 5.92 Å². The number of aliphatic hydroxyl groups excluding tert-OH is 1. The van der Waals surface area contributed by atoms with Crippen molar-refractivity contribution < 1.29 is 36.3 Å². The fourth-order valence-corrected chi connectivity index (χ4v) is 5.12. The molecule has 1 aromatic carbocycles. The summed E-state index contributed by atoms with van der Waals surface area (Å²) in [5.41, 5.74) is -1.23. The van der Waals surface area contributed by atoms with E-state index in [2.05, 4.69) is 21.6 Å². The molecule has 3 heterocycles. The molecule has 0 amide bonds. The number of aliphatic hydroxyl groups is 1. The first-order valence-electron chi connectivity index (χ1n) is 11.5. The Bertz CT molecular complexity index is 1410. The molecule has 38 heavy (non-hydrogen) atoms. The van der Waals surface area contributed by atoms with Gasteiger partial charge in [-0.3, -0.25) is 4.72 Å². The van der Waals surface area contributed by atoms with Gasteiger partial charge in [0.25, 0.3) is 10.0 Å². The Hall–Kier alpha value is -3.80. The van der Waals surface area contributed by atoms with Gasteiger partial charge in [0.2, 0.25) is 0 Å². The summed E-state index contributed by atoms with van der Waals surface area (Å²) >= 11 is 0. The van der Waals surface area contributed by atoms with E-state index >= 15 is 0 Å². The summed E-state index contributed by atoms with van der Waals surface area (Å²) < 4.78 is 69.5. The molecule has 2 aromatic heterocycles. The zero-order valence-corrected chi connectivity index (χ0v) is 21.1. The van der Waals surface area contributed by atoms with Crippen LogP contribution in [-0.4, -0.2) is 42.7 Å². The van der Waals surface area contributed by atoms with E-state index in [0.717, 1.165) is 38.1 Å². The van der Waals surface area contributed by atoms with Crippen LogP contribution in [-0.2, 0) is 32.4 Å². The second-order valence-corrected chi connectivity index (χ2v) is 10.3. The van der Waals surface area contributed by atoms with Crippen molar-refractivity contribution in [3.63, 3.8) is 0 Å². The van der Waals surface area contributed by atoms with Crippen molar-refractivity contribution in [3.8, 4) is 11.3 Å². The van der Waals surface area contributed by atoms with Gasteiger partial charge in [0.05, 0.1) is 17.9 Å². The maximum Gasteiger partial charge on any atom is 0.418 e. The molecular formula is C25H25F3N4O5S. The smallest absolute Gasteiger partial charge is 0.392 e. The molecule has 0 radical (unpaired) electrons. The molecule has 0 bridgehead atoms. The van der Waals surface area contributed by atoms with Crippen molar-refractivity contribution in [1.82, 2.24) is 9.97 Å². The minimum atomic E-state index is -4.73. The minimum absolute atomic E-state index is 0.0581. The number of anilines is 2. The number of hydrogen-bond donors (Lipinski definition) is 2. The van der Waals surface area contributed by atoms with E-state index in [1.54, 1.807) is 18.2 Å². The molecule has 13 heteroatoms. The van der Waals surface area contributed by atoms with Crippen LogP contribution < -0.4 is 9.62 Å². The van der Waals surface area contributed by atoms with Crippen LogP contribution in [0.4, 0.5) is 24.8 Å². The molecule has 1 saturated heterocycles. The molecule has 0 spiro atoms. The fraction of sp³-hybridized carbons (Fsp3) is 0.320. The molecule has 9 nitrogen and oxygen atoms in total. The summed E-state index contributed by atoms with van der Waals surface area (Å²) in [6.07, 6.45) is -2.41. The van der Waals surface area contributed by atoms with Crippen LogP contribution in [0.5, 0.6) is 0 Å². The molecule has 1 atom stereocenters. The van der Waals surface area contributed by atoms with Gasteiger partial charge in [0.1, 0.15) is 11.6 Å². The molecule has 1 unspecified atom stereocenters. The summed E-state index contributed by atoms with van der Waals surface area (Å²) in [6, 6.07) is 12.3. The zero-order valence-electron chi connectivity index (χ0n) is 20.3. The first-order valence-corrected chi connectivity index (χ1v) is 13.0.